The molecule has 1 amide bonds. The van der Waals surface area contributed by atoms with Gasteiger partial charge in [-0.15, -0.1) is 10.2 Å². The average molecular weight is 266 g/mol. The van der Waals surface area contributed by atoms with E-state index in [1.165, 1.54) is 11.3 Å². The van der Waals surface area contributed by atoms with E-state index in [2.05, 4.69) is 27.1 Å². The van der Waals surface area contributed by atoms with Crippen LogP contribution in [0.1, 0.15) is 24.8 Å². The first-order chi connectivity index (χ1) is 8.74. The van der Waals surface area contributed by atoms with Gasteiger partial charge in [0.25, 0.3) is 0 Å². The molecule has 1 aromatic heterocycles. The van der Waals surface area contributed by atoms with Crippen molar-refractivity contribution in [2.75, 3.05) is 18.0 Å². The third-order valence-corrected chi connectivity index (χ3v) is 3.77. The molecule has 0 aliphatic carbocycles. The molecular weight excluding hydrogens is 252 g/mol. The van der Waals surface area contributed by atoms with Crippen molar-refractivity contribution in [3.05, 3.63) is 15.5 Å². The minimum atomic E-state index is 0.0346. The molecule has 96 valence electrons. The third kappa shape index (κ3) is 2.77. The van der Waals surface area contributed by atoms with Crippen molar-refractivity contribution < 1.29 is 4.79 Å². The topological polar surface area (TPSA) is 94.8 Å². The van der Waals surface area contributed by atoms with E-state index in [1.807, 2.05) is 0 Å². The molecule has 1 atom stereocenters. The van der Waals surface area contributed by atoms with E-state index in [0.717, 1.165) is 17.8 Å². The molecule has 1 aliphatic rings. The molecule has 0 saturated carbocycles. The van der Waals surface area contributed by atoms with E-state index in [1.54, 1.807) is 4.90 Å². The summed E-state index contributed by atoms with van der Waals surface area (Å²) < 4.78 is 0. The molecule has 8 heteroatoms. The van der Waals surface area contributed by atoms with E-state index >= 15 is 0 Å². The predicted octanol–water partition coefficient (Wildman–Crippen LogP) is 2.15. The maximum Gasteiger partial charge on any atom is 0.229 e. The van der Waals surface area contributed by atoms with Gasteiger partial charge in [-0.3, -0.25) is 9.69 Å². The van der Waals surface area contributed by atoms with Crippen LogP contribution in [0.2, 0.25) is 0 Å². The van der Waals surface area contributed by atoms with Gasteiger partial charge in [-0.25, -0.2) is 0 Å². The Labute approximate surface area is 108 Å². The first kappa shape index (κ1) is 12.8. The van der Waals surface area contributed by atoms with Crippen LogP contribution in [0.5, 0.6) is 0 Å². The molecule has 1 saturated heterocycles. The number of rotatable bonds is 5. The Kier molecular flexibility index (Phi) is 4.11. The molecule has 2 heterocycles. The van der Waals surface area contributed by atoms with Gasteiger partial charge in [0, 0.05) is 30.8 Å². The summed E-state index contributed by atoms with van der Waals surface area (Å²) in [5.74, 6) is 0.124. The van der Waals surface area contributed by atoms with E-state index in [4.69, 9.17) is 5.53 Å². The lowest BCUT2D eigenvalue weighted by atomic mass is 10.1. The van der Waals surface area contributed by atoms with Crippen LogP contribution >= 0.6 is 11.3 Å². The monoisotopic (exact) mass is 266 g/mol. The lowest BCUT2D eigenvalue weighted by Gasteiger charge is -2.10. The van der Waals surface area contributed by atoms with Crippen molar-refractivity contribution in [1.29, 1.82) is 0 Å². The second kappa shape index (κ2) is 5.79. The summed E-state index contributed by atoms with van der Waals surface area (Å²) in [5, 5.41) is 13.3. The zero-order chi connectivity index (χ0) is 13.0. The lowest BCUT2D eigenvalue weighted by Crippen LogP contribution is -2.24. The Morgan fingerprint density at radius 2 is 2.44 bits per heavy atom. The van der Waals surface area contributed by atoms with E-state index in [-0.39, 0.29) is 11.8 Å². The smallest absolute Gasteiger partial charge is 0.229 e. The predicted molar refractivity (Wildman–Crippen MR) is 68.4 cm³/mol. The van der Waals surface area contributed by atoms with Gasteiger partial charge in [0.1, 0.15) is 5.01 Å². The van der Waals surface area contributed by atoms with Crippen molar-refractivity contribution >= 4 is 22.4 Å². The zero-order valence-corrected chi connectivity index (χ0v) is 10.9. The first-order valence-corrected chi connectivity index (χ1v) is 6.69. The molecule has 18 heavy (non-hydrogen) atoms. The van der Waals surface area contributed by atoms with Crippen LogP contribution in [-0.4, -0.2) is 29.2 Å². The Bertz CT molecular complexity index is 480. The fourth-order valence-corrected chi connectivity index (χ4v) is 2.88. The highest BCUT2D eigenvalue weighted by Crippen LogP contribution is 2.28. The minimum absolute atomic E-state index is 0.0346. The molecule has 0 bridgehead atoms. The normalized spacial score (nSPS) is 19.1. The van der Waals surface area contributed by atoms with Gasteiger partial charge in [-0.2, -0.15) is 0 Å². The van der Waals surface area contributed by atoms with Gasteiger partial charge in [0.2, 0.25) is 11.0 Å². The Morgan fingerprint density at radius 3 is 3.17 bits per heavy atom. The van der Waals surface area contributed by atoms with Crippen molar-refractivity contribution in [2.45, 2.75) is 26.2 Å². The standard InChI is InChI=1S/C10H14N6OS/c1-2-3-8-13-14-10(18-8)16-6-7(4-9(16)17)5-12-15-11/h7H,2-6H2,1H3. The molecule has 0 radical (unpaired) electrons. The summed E-state index contributed by atoms with van der Waals surface area (Å²) in [6, 6.07) is 0. The van der Waals surface area contributed by atoms with Crippen molar-refractivity contribution in [3.63, 3.8) is 0 Å². The van der Waals surface area contributed by atoms with Crippen LogP contribution < -0.4 is 4.90 Å². The Balaban J connectivity index is 2.04. The Hall–Kier alpha value is -1.66. The lowest BCUT2D eigenvalue weighted by molar-refractivity contribution is -0.117. The summed E-state index contributed by atoms with van der Waals surface area (Å²) >= 11 is 1.46. The van der Waals surface area contributed by atoms with Crippen molar-refractivity contribution in [2.24, 2.45) is 11.0 Å². The minimum Gasteiger partial charge on any atom is -0.286 e. The SMILES string of the molecule is CCCc1nnc(N2CC(CN=[N+]=[N-])CC2=O)s1. The van der Waals surface area contributed by atoms with Gasteiger partial charge < -0.3 is 0 Å². The highest BCUT2D eigenvalue weighted by molar-refractivity contribution is 7.15. The average Bonchev–Trinajstić information content (AvgIpc) is 2.94. The molecule has 7 nitrogen and oxygen atoms in total. The number of aromatic nitrogens is 2. The van der Waals surface area contributed by atoms with Gasteiger partial charge in [0.05, 0.1) is 0 Å². The summed E-state index contributed by atoms with van der Waals surface area (Å²) in [6.45, 7) is 3.01. The molecule has 1 unspecified atom stereocenters. The fraction of sp³-hybridized carbons (Fsp3) is 0.700. The van der Waals surface area contributed by atoms with Gasteiger partial charge >= 0.3 is 0 Å². The zero-order valence-electron chi connectivity index (χ0n) is 10.1. The summed E-state index contributed by atoms with van der Waals surface area (Å²) in [5.41, 5.74) is 8.28. The summed E-state index contributed by atoms with van der Waals surface area (Å²) in [4.78, 5) is 16.2. The van der Waals surface area contributed by atoms with Gasteiger partial charge in [-0.05, 0) is 17.9 Å². The van der Waals surface area contributed by atoms with Gasteiger partial charge in [-0.1, -0.05) is 23.4 Å². The number of azide groups is 1. The number of amides is 1. The summed E-state index contributed by atoms with van der Waals surface area (Å²) in [7, 11) is 0. The second-order valence-corrected chi connectivity index (χ2v) is 5.26. The maximum absolute atomic E-state index is 11.8. The van der Waals surface area contributed by atoms with Crippen LogP contribution in [0.3, 0.4) is 0 Å². The van der Waals surface area contributed by atoms with E-state index < -0.39 is 0 Å². The second-order valence-electron chi connectivity index (χ2n) is 4.22. The molecular formula is C10H14N6OS. The van der Waals surface area contributed by atoms with Crippen LogP contribution in [-0.2, 0) is 11.2 Å². The number of carbonyl (C=O) groups is 1. The van der Waals surface area contributed by atoms with Crippen LogP contribution in [0, 0.1) is 5.92 Å². The molecule has 2 rings (SSSR count). The molecule has 0 aromatic carbocycles. The molecule has 1 aromatic rings. The van der Waals surface area contributed by atoms with Crippen molar-refractivity contribution in [3.8, 4) is 0 Å². The number of anilines is 1. The highest BCUT2D eigenvalue weighted by Gasteiger charge is 2.32. The van der Waals surface area contributed by atoms with Gasteiger partial charge in [0.15, 0.2) is 0 Å². The summed E-state index contributed by atoms with van der Waals surface area (Å²) in [6.07, 6.45) is 2.33. The van der Waals surface area contributed by atoms with E-state index in [9.17, 15) is 4.79 Å². The first-order valence-electron chi connectivity index (χ1n) is 5.88. The fourth-order valence-electron chi connectivity index (χ4n) is 1.91. The Morgan fingerprint density at radius 1 is 1.61 bits per heavy atom. The largest absolute Gasteiger partial charge is 0.286 e. The number of carbonyl (C=O) groups excluding carboxylic acids is 1. The molecule has 1 fully saturated rings. The number of hydrogen-bond donors (Lipinski definition) is 0. The number of hydrogen-bond acceptors (Lipinski definition) is 5. The maximum atomic E-state index is 11.8. The number of nitrogens with zero attached hydrogens (tertiary/aromatic N) is 6. The molecule has 0 spiro atoms. The van der Waals surface area contributed by atoms with Crippen LogP contribution in [0.4, 0.5) is 5.13 Å². The van der Waals surface area contributed by atoms with Crippen LogP contribution in [0.15, 0.2) is 5.11 Å². The third-order valence-electron chi connectivity index (χ3n) is 2.76. The van der Waals surface area contributed by atoms with Crippen molar-refractivity contribution in [1.82, 2.24) is 10.2 Å². The number of aryl methyl sites for hydroxylation is 1. The van der Waals surface area contributed by atoms with Crippen LogP contribution in [0.25, 0.3) is 10.4 Å². The molecule has 0 N–H and O–H groups in total. The quantitative estimate of drug-likeness (QED) is 0.464. The molecule has 1 aliphatic heterocycles. The van der Waals surface area contributed by atoms with E-state index in [0.29, 0.717) is 24.6 Å². The highest BCUT2D eigenvalue weighted by atomic mass is 32.1.